The second-order valence-corrected chi connectivity index (χ2v) is 37.3. The Kier molecular flexibility index (Phi) is 36.1. The molecule has 0 radical (unpaired) electrons. The molecule has 150 heavy (non-hydrogen) atoms. The number of nitrogens with one attached hydrogen (secondary N) is 4. The Labute approximate surface area is 852 Å². The number of hydrogen-bond donors (Lipinski definition) is 17. The minimum absolute atomic E-state index is 0.00775. The topological polar surface area (TPSA) is 739 Å². The number of amides is 8. The molecular formula is C101H118N8O41. The Bertz CT molecular complexity index is 7080. The van der Waals surface area contributed by atoms with E-state index in [1.165, 1.54) is 133 Å². The Morgan fingerprint density at radius 1 is 0.373 bits per heavy atom. The molecule has 0 spiro atoms. The van der Waals surface area contributed by atoms with Crippen molar-refractivity contribution in [3.8, 4) is 51.7 Å². The number of phenols is 2. The van der Waals surface area contributed by atoms with Crippen LogP contribution in [0, 0.1) is 6.92 Å². The number of allylic oxidation sites excluding steroid dienone is 4. The minimum atomic E-state index is -1.51. The van der Waals surface area contributed by atoms with Gasteiger partial charge >= 0.3 is 46.9 Å². The van der Waals surface area contributed by atoms with Crippen molar-refractivity contribution in [1.29, 1.82) is 0 Å². The standard InChI is InChI=1S/C30H34N2O11.C30H34N2O10.C21H26N2O10.C20H24N2O10/c1-14(2)6-7-15-12-16(8-11-19(15)33)26(36)32-21-22(34)18-10-9-17(13-20(18)41-27(21)37)40-28-23(35)24(42-29(31)38)25(39-5)30(3,4)43-28;1-15(2)6-7-16-12-18(9-11-21(16)33)26(35)32-20-13-17-8-10-19(14-22(17)40-27(20)36)39-28-23(34)24(41-29(31)37)25(38-5)30(3,4)42-28;1-8-11(7-6-10-13(25)12(23-9(2)24)18(27)31-15(8)10)30-19-14(26)16(32-20(22)28)17(29-5)21(3,4)33-19;1-8(23)22-12-13(24)10-6-5-9(7-11(10)30-17(12)26)29-18-14(25)15(31-19(21)27)16(28-4)20(2,3)32-18/h6,8-13,23-25,28,33-35H,7H2,1-5H3,(H2,31,38)(H,32,36);6,8-14,23-25,28,33-34H,7H2,1-5H3,(H2,31,37)(H,32,35);6-7,14,16-17,19,25-26H,1-5H3,(H2,22,28)(H,23,24);5-7,14-16,18,24-25H,1-4H3,(H2,21,27)(H,22,23)/t2*23-,24+,25+,28?;14-,16+,17+,19?;14-,15+,16+,18?/m0000/s1. The smallest absolute Gasteiger partial charge is 0.404 e. The van der Waals surface area contributed by atoms with Crippen LogP contribution in [0.5, 0.6) is 51.7 Å². The van der Waals surface area contributed by atoms with Gasteiger partial charge in [0.15, 0.2) is 83.1 Å². The van der Waals surface area contributed by atoms with E-state index < -0.39 is 214 Å². The molecule has 21 N–H and O–H groups in total. The quantitative estimate of drug-likeness (QED) is 0.0137. The van der Waals surface area contributed by atoms with Crippen molar-refractivity contribution in [3.63, 3.8) is 0 Å². The lowest BCUT2D eigenvalue weighted by Crippen LogP contribution is -2.65. The van der Waals surface area contributed by atoms with Gasteiger partial charge in [0.1, 0.15) is 86.9 Å². The van der Waals surface area contributed by atoms with Crippen molar-refractivity contribution in [2.75, 3.05) is 49.7 Å². The van der Waals surface area contributed by atoms with Crippen LogP contribution in [0.25, 0.3) is 43.9 Å². The fourth-order valence-corrected chi connectivity index (χ4v) is 17.0. The predicted octanol–water partition coefficient (Wildman–Crippen LogP) is 8.86. The molecule has 8 heterocycles. The molecule has 49 heteroatoms. The third-order valence-corrected chi connectivity index (χ3v) is 24.0. The van der Waals surface area contributed by atoms with E-state index in [0.717, 1.165) is 11.1 Å². The fourth-order valence-electron chi connectivity index (χ4n) is 17.0. The maximum atomic E-state index is 12.9. The molecule has 49 nitrogen and oxygen atoms in total. The van der Waals surface area contributed by atoms with Gasteiger partial charge in [-0.2, -0.15) is 0 Å². The zero-order valence-electron chi connectivity index (χ0n) is 84.6. The number of benzene rings is 6. The number of ether oxygens (including phenoxy) is 16. The van der Waals surface area contributed by atoms with Gasteiger partial charge in [0.25, 0.3) is 11.8 Å². The molecule has 0 aliphatic carbocycles. The summed E-state index contributed by atoms with van der Waals surface area (Å²) in [5.74, 6) is -3.21. The Balaban J connectivity index is 0.000000191. The highest BCUT2D eigenvalue weighted by Gasteiger charge is 2.58. The minimum Gasteiger partial charge on any atom is -0.508 e. The number of aliphatic hydroxyl groups is 4. The summed E-state index contributed by atoms with van der Waals surface area (Å²) in [4.78, 5) is 144. The molecule has 16 atom stereocenters. The van der Waals surface area contributed by atoms with Gasteiger partial charge in [-0.25, -0.2) is 38.4 Å². The van der Waals surface area contributed by atoms with Crippen molar-refractivity contribution in [1.82, 2.24) is 0 Å². The van der Waals surface area contributed by atoms with Gasteiger partial charge in [-0.3, -0.25) is 19.2 Å². The van der Waals surface area contributed by atoms with E-state index in [0.29, 0.717) is 34.9 Å². The average Bonchev–Trinajstić information content (AvgIpc) is 0.754. The molecule has 6 aromatic carbocycles. The average molecular weight is 2100 g/mol. The van der Waals surface area contributed by atoms with Gasteiger partial charge in [-0.05, 0) is 205 Å². The normalized spacial score (nSPS) is 22.7. The lowest BCUT2D eigenvalue weighted by molar-refractivity contribution is -0.304. The van der Waals surface area contributed by atoms with Crippen LogP contribution in [0.15, 0.2) is 169 Å². The monoisotopic (exact) mass is 2100 g/mol. The highest BCUT2D eigenvalue weighted by Crippen LogP contribution is 2.44. The van der Waals surface area contributed by atoms with Crippen molar-refractivity contribution in [3.05, 3.63) is 202 Å². The molecule has 4 aromatic heterocycles. The van der Waals surface area contributed by atoms with Crippen molar-refractivity contribution in [2.45, 2.75) is 238 Å². The molecule has 14 rings (SSSR count). The third-order valence-electron chi connectivity index (χ3n) is 24.0. The molecule has 10 aromatic rings. The first-order chi connectivity index (χ1) is 70.3. The van der Waals surface area contributed by atoms with E-state index in [9.17, 15) is 103 Å². The van der Waals surface area contributed by atoms with Crippen molar-refractivity contribution in [2.24, 2.45) is 22.9 Å². The largest absolute Gasteiger partial charge is 0.508 e. The number of aryl methyl sites for hydroxylation is 1. The number of carbonyl (C=O) groups excluding carboxylic acids is 8. The van der Waals surface area contributed by atoms with Crippen LogP contribution >= 0.6 is 0 Å². The summed E-state index contributed by atoms with van der Waals surface area (Å²) in [6, 6.07) is 25.8. The second kappa shape index (κ2) is 47.2. The van der Waals surface area contributed by atoms with Crippen molar-refractivity contribution >= 4 is 115 Å². The molecule has 0 saturated carbocycles. The van der Waals surface area contributed by atoms with Gasteiger partial charge in [0.05, 0.1) is 38.6 Å². The van der Waals surface area contributed by atoms with E-state index in [1.54, 1.807) is 80.5 Å². The summed E-state index contributed by atoms with van der Waals surface area (Å²) >= 11 is 0. The van der Waals surface area contributed by atoms with Crippen LogP contribution in [0.1, 0.15) is 134 Å². The summed E-state index contributed by atoms with van der Waals surface area (Å²) in [6.45, 7) is 24.9. The highest BCUT2D eigenvalue weighted by atomic mass is 16.8. The Hall–Kier alpha value is -15.7. The van der Waals surface area contributed by atoms with Crippen LogP contribution in [0.2, 0.25) is 0 Å². The van der Waals surface area contributed by atoms with Crippen molar-refractivity contribution < 1.29 is 178 Å². The summed E-state index contributed by atoms with van der Waals surface area (Å²) in [5, 5.41) is 105. The number of aliphatic hydroxyl groups excluding tert-OH is 4. The predicted molar refractivity (Wildman–Crippen MR) is 530 cm³/mol. The van der Waals surface area contributed by atoms with E-state index in [4.69, 9.17) is 116 Å². The number of methoxy groups -OCH3 is 4. The molecule has 4 fully saturated rings. The lowest BCUT2D eigenvalue weighted by atomic mass is 9.89. The Morgan fingerprint density at radius 2 is 0.687 bits per heavy atom. The van der Waals surface area contributed by atoms with E-state index in [2.05, 4.69) is 21.3 Å². The molecule has 4 aliphatic heterocycles. The molecule has 0 bridgehead atoms. The fraction of sp³-hybridized carbons (Fsp3) is 0.406. The van der Waals surface area contributed by atoms with E-state index >= 15 is 0 Å². The number of carbonyl (C=O) groups is 8. The first-order valence-electron chi connectivity index (χ1n) is 45.9. The molecular weight excluding hydrogens is 1980 g/mol. The van der Waals surface area contributed by atoms with E-state index in [-0.39, 0.29) is 101 Å². The van der Waals surface area contributed by atoms with E-state index in [1.807, 2.05) is 39.8 Å². The molecule has 808 valence electrons. The second-order valence-electron chi connectivity index (χ2n) is 37.3. The number of fused-ring (bicyclic) bond motifs is 4. The van der Waals surface area contributed by atoms with Crippen LogP contribution in [-0.4, -0.2) is 243 Å². The number of primary amides is 4. The van der Waals surface area contributed by atoms with Gasteiger partial charge in [0, 0.05) is 82.6 Å². The summed E-state index contributed by atoms with van der Waals surface area (Å²) in [7, 11) is 5.49. The maximum absolute atomic E-state index is 12.9. The Morgan fingerprint density at radius 3 is 1.03 bits per heavy atom. The van der Waals surface area contributed by atoms with Gasteiger partial charge < -0.3 is 184 Å². The highest BCUT2D eigenvalue weighted by molar-refractivity contribution is 6.07. The lowest BCUT2D eigenvalue weighted by Gasteiger charge is -2.47. The number of rotatable bonds is 26. The molecule has 4 aliphatic rings. The first-order valence-corrected chi connectivity index (χ1v) is 45.9. The van der Waals surface area contributed by atoms with Gasteiger partial charge in [-0.1, -0.05) is 23.3 Å². The van der Waals surface area contributed by atoms with Crippen LogP contribution in [0.4, 0.5) is 41.9 Å². The zero-order chi connectivity index (χ0) is 111. The van der Waals surface area contributed by atoms with Crippen LogP contribution in [-0.2, 0) is 79.3 Å². The molecule has 4 saturated heterocycles. The number of nitrogens with two attached hydrogens (primary N) is 4. The molecule has 4 unspecified atom stereocenters. The SMILES string of the molecule is CO[C@@H]1[C@H](OC(N)=O)[C@H](O)C(Oc2ccc3c(O)c(NC(=O)c4ccc(O)c(CC=C(C)C)c4)c(=O)oc3c2)OC1(C)C.CO[C@@H]1[C@H](OC(N)=O)[C@H](O)C(Oc2ccc3c(O)c(NC(C)=O)c(=O)oc3c2)OC1(C)C.CO[C@@H]1[C@H](OC(N)=O)[C@H](O)C(Oc2ccc3c(O)c(NC(C)=O)c(=O)oc3c2C)OC1(C)C.CO[C@@H]1[C@H](OC(N)=O)[C@H](O)C(Oc2ccc3cc(NC(=O)c4ccc(O)c(CC=C(C)C)c4)c(=O)oc3c2)OC1(C)C. The summed E-state index contributed by atoms with van der Waals surface area (Å²) in [6.07, 6.45) is -19.1. The van der Waals surface area contributed by atoms with Crippen LogP contribution in [0.3, 0.4) is 0 Å². The van der Waals surface area contributed by atoms with Gasteiger partial charge in [0.2, 0.25) is 37.0 Å². The van der Waals surface area contributed by atoms with Crippen LogP contribution < -0.4 is 85.7 Å². The number of phenolic OH excluding ortho intramolecular Hbond substituents is 2. The number of hydrogen-bond acceptors (Lipinski definition) is 41. The number of anilines is 4. The summed E-state index contributed by atoms with van der Waals surface area (Å²) in [5.41, 5.74) is 15.3. The number of aromatic hydroxyl groups is 5. The third kappa shape index (κ3) is 26.7. The van der Waals surface area contributed by atoms with Gasteiger partial charge in [-0.15, -0.1) is 0 Å². The zero-order valence-corrected chi connectivity index (χ0v) is 84.6. The summed E-state index contributed by atoms with van der Waals surface area (Å²) < 4.78 is 110. The first kappa shape index (κ1) is 115. The maximum Gasteiger partial charge on any atom is 0.404 e. The molecule has 8 amide bonds.